The Morgan fingerprint density at radius 2 is 2.11 bits per heavy atom. The van der Waals surface area contributed by atoms with Crippen molar-refractivity contribution in [1.29, 1.82) is 0 Å². The van der Waals surface area contributed by atoms with E-state index in [2.05, 4.69) is 15.5 Å². The molecule has 1 saturated carbocycles. The number of aryl methyl sites for hydroxylation is 1. The third-order valence-electron chi connectivity index (χ3n) is 5.64. The van der Waals surface area contributed by atoms with Crippen molar-refractivity contribution in [3.8, 4) is 0 Å². The number of hydrogen-bond donors (Lipinski definition) is 2. The van der Waals surface area contributed by atoms with Crippen molar-refractivity contribution in [3.63, 3.8) is 0 Å². The minimum absolute atomic E-state index is 0.0464. The summed E-state index contributed by atoms with van der Waals surface area (Å²) in [4.78, 5) is 25.7. The van der Waals surface area contributed by atoms with Gasteiger partial charge in [0.15, 0.2) is 0 Å². The standard InChI is InChI=1S/C19H24N4O4S/c1-11-9-13(12-5-8-26-10-12)27-16(25)14(11)15(24)21-19(6-3-2-4-7-19)17-22-23-18(20)28-17/h9,12H,2-8,10H2,1H3,(H2,20,23)(H,21,24). The maximum Gasteiger partial charge on any atom is 0.349 e. The van der Waals surface area contributed by atoms with E-state index >= 15 is 0 Å². The van der Waals surface area contributed by atoms with Gasteiger partial charge in [0.2, 0.25) is 5.13 Å². The van der Waals surface area contributed by atoms with Crippen LogP contribution in [-0.2, 0) is 10.3 Å². The van der Waals surface area contributed by atoms with E-state index in [0.717, 1.165) is 38.5 Å². The van der Waals surface area contributed by atoms with Crippen LogP contribution in [0.1, 0.15) is 71.1 Å². The number of carbonyl (C=O) groups is 1. The largest absolute Gasteiger partial charge is 0.427 e. The Labute approximate surface area is 166 Å². The molecule has 28 heavy (non-hydrogen) atoms. The van der Waals surface area contributed by atoms with Gasteiger partial charge in [0.1, 0.15) is 16.3 Å². The molecule has 0 aromatic carbocycles. The number of hydrogen-bond acceptors (Lipinski definition) is 8. The fraction of sp³-hybridized carbons (Fsp3) is 0.579. The van der Waals surface area contributed by atoms with E-state index in [0.29, 0.717) is 34.7 Å². The highest BCUT2D eigenvalue weighted by atomic mass is 32.1. The zero-order valence-electron chi connectivity index (χ0n) is 15.8. The third kappa shape index (κ3) is 3.56. The number of aromatic nitrogens is 2. The zero-order valence-corrected chi connectivity index (χ0v) is 16.6. The number of nitrogens with one attached hydrogen (secondary N) is 1. The molecular weight excluding hydrogens is 380 g/mol. The van der Waals surface area contributed by atoms with Crippen molar-refractivity contribution in [3.05, 3.63) is 38.4 Å². The van der Waals surface area contributed by atoms with Gasteiger partial charge >= 0.3 is 5.63 Å². The highest BCUT2D eigenvalue weighted by Gasteiger charge is 2.39. The number of amides is 1. The topological polar surface area (TPSA) is 120 Å². The van der Waals surface area contributed by atoms with Crippen LogP contribution in [0, 0.1) is 6.92 Å². The molecule has 2 aromatic heterocycles. The summed E-state index contributed by atoms with van der Waals surface area (Å²) in [6, 6.07) is 1.78. The summed E-state index contributed by atoms with van der Waals surface area (Å²) in [5.41, 5.74) is 5.18. The van der Waals surface area contributed by atoms with Crippen LogP contribution in [0.5, 0.6) is 0 Å². The minimum atomic E-state index is -0.637. The van der Waals surface area contributed by atoms with Crippen LogP contribution in [0.3, 0.4) is 0 Å². The lowest BCUT2D eigenvalue weighted by Crippen LogP contribution is -2.48. The summed E-state index contributed by atoms with van der Waals surface area (Å²) in [7, 11) is 0. The van der Waals surface area contributed by atoms with Crippen molar-refractivity contribution < 1.29 is 13.9 Å². The fourth-order valence-electron chi connectivity index (χ4n) is 4.12. The molecule has 1 amide bonds. The van der Waals surface area contributed by atoms with Crippen LogP contribution < -0.4 is 16.7 Å². The lowest BCUT2D eigenvalue weighted by atomic mass is 9.82. The quantitative estimate of drug-likeness (QED) is 0.803. The molecule has 0 radical (unpaired) electrons. The van der Waals surface area contributed by atoms with Crippen molar-refractivity contribution >= 4 is 22.4 Å². The second-order valence-electron chi connectivity index (χ2n) is 7.60. The summed E-state index contributed by atoms with van der Waals surface area (Å²) in [6.45, 7) is 2.96. The Morgan fingerprint density at radius 1 is 1.32 bits per heavy atom. The van der Waals surface area contributed by atoms with Crippen LogP contribution in [0.25, 0.3) is 0 Å². The van der Waals surface area contributed by atoms with E-state index in [1.54, 1.807) is 13.0 Å². The third-order valence-corrected chi connectivity index (χ3v) is 6.59. The molecule has 8 nitrogen and oxygen atoms in total. The number of nitrogen functional groups attached to an aromatic ring is 1. The second kappa shape index (κ2) is 7.63. The summed E-state index contributed by atoms with van der Waals surface area (Å²) < 4.78 is 10.9. The molecule has 150 valence electrons. The summed E-state index contributed by atoms with van der Waals surface area (Å²) >= 11 is 1.28. The Hall–Kier alpha value is -2.26. The van der Waals surface area contributed by atoms with Crippen molar-refractivity contribution in [2.24, 2.45) is 0 Å². The maximum atomic E-state index is 13.1. The average Bonchev–Trinajstić information content (AvgIpc) is 3.34. The van der Waals surface area contributed by atoms with Crippen LogP contribution in [0.2, 0.25) is 0 Å². The van der Waals surface area contributed by atoms with Gasteiger partial charge in [0.25, 0.3) is 5.91 Å². The molecule has 1 aliphatic heterocycles. The lowest BCUT2D eigenvalue weighted by molar-refractivity contribution is 0.0860. The SMILES string of the molecule is Cc1cc(C2CCOC2)oc(=O)c1C(=O)NC1(c2nnc(N)s2)CCCCC1. The normalized spacial score (nSPS) is 21.5. The van der Waals surface area contributed by atoms with Gasteiger partial charge in [-0.15, -0.1) is 10.2 Å². The molecule has 1 unspecified atom stereocenters. The maximum absolute atomic E-state index is 13.1. The summed E-state index contributed by atoms with van der Waals surface area (Å²) in [5.74, 6) is 0.217. The molecule has 0 spiro atoms. The van der Waals surface area contributed by atoms with Gasteiger partial charge in [-0.1, -0.05) is 30.6 Å². The van der Waals surface area contributed by atoms with Crippen LogP contribution in [-0.4, -0.2) is 29.3 Å². The first-order valence-electron chi connectivity index (χ1n) is 9.63. The Morgan fingerprint density at radius 3 is 2.71 bits per heavy atom. The van der Waals surface area contributed by atoms with E-state index in [1.165, 1.54) is 11.3 Å². The molecule has 1 aliphatic carbocycles. The number of nitrogens with zero attached hydrogens (tertiary/aromatic N) is 2. The van der Waals surface area contributed by atoms with Crippen molar-refractivity contribution in [1.82, 2.24) is 15.5 Å². The fourth-order valence-corrected chi connectivity index (χ4v) is 4.93. The van der Waals surface area contributed by atoms with E-state index in [4.69, 9.17) is 14.9 Å². The monoisotopic (exact) mass is 404 g/mol. The molecular formula is C19H24N4O4S. The van der Waals surface area contributed by atoms with E-state index in [-0.39, 0.29) is 11.5 Å². The Bertz CT molecular complexity index is 926. The molecule has 2 fully saturated rings. The first-order valence-corrected chi connectivity index (χ1v) is 10.4. The number of nitrogens with two attached hydrogens (primary N) is 1. The molecule has 4 rings (SSSR count). The minimum Gasteiger partial charge on any atom is -0.427 e. The summed E-state index contributed by atoms with van der Waals surface area (Å²) in [5, 5.41) is 12.2. The number of rotatable bonds is 4. The lowest BCUT2D eigenvalue weighted by Gasteiger charge is -2.36. The molecule has 3 heterocycles. The molecule has 1 atom stereocenters. The molecule has 9 heteroatoms. The first kappa shape index (κ1) is 19.1. The predicted molar refractivity (Wildman–Crippen MR) is 104 cm³/mol. The van der Waals surface area contributed by atoms with Gasteiger partial charge in [-0.25, -0.2) is 4.79 Å². The van der Waals surface area contributed by atoms with Gasteiger partial charge < -0.3 is 20.2 Å². The van der Waals surface area contributed by atoms with E-state index in [9.17, 15) is 9.59 Å². The number of carbonyl (C=O) groups excluding carboxylic acids is 1. The molecule has 0 bridgehead atoms. The van der Waals surface area contributed by atoms with Crippen molar-refractivity contribution in [2.75, 3.05) is 18.9 Å². The second-order valence-corrected chi connectivity index (χ2v) is 8.61. The molecule has 3 N–H and O–H groups in total. The van der Waals surface area contributed by atoms with Gasteiger partial charge in [-0.2, -0.15) is 0 Å². The number of ether oxygens (including phenoxy) is 1. The molecule has 1 saturated heterocycles. The first-order chi connectivity index (χ1) is 13.5. The van der Waals surface area contributed by atoms with Crippen molar-refractivity contribution in [2.45, 2.75) is 56.9 Å². The van der Waals surface area contributed by atoms with Crippen LogP contribution in [0.15, 0.2) is 15.3 Å². The van der Waals surface area contributed by atoms with E-state index in [1.807, 2.05) is 0 Å². The highest BCUT2D eigenvalue weighted by molar-refractivity contribution is 7.15. The van der Waals surface area contributed by atoms with Gasteiger partial charge in [-0.3, -0.25) is 4.79 Å². The average molecular weight is 404 g/mol. The predicted octanol–water partition coefficient (Wildman–Crippen LogP) is 2.48. The number of anilines is 1. The smallest absolute Gasteiger partial charge is 0.349 e. The van der Waals surface area contributed by atoms with Gasteiger partial charge in [0.05, 0.1) is 12.1 Å². The highest BCUT2D eigenvalue weighted by Crippen LogP contribution is 2.39. The van der Waals surface area contributed by atoms with Crippen LogP contribution in [0.4, 0.5) is 5.13 Å². The Kier molecular flexibility index (Phi) is 5.20. The zero-order chi connectivity index (χ0) is 19.7. The molecule has 2 aliphatic rings. The molecule has 2 aromatic rings. The Balaban J connectivity index is 1.64. The summed E-state index contributed by atoms with van der Waals surface area (Å²) in [6.07, 6.45) is 5.34. The van der Waals surface area contributed by atoms with E-state index < -0.39 is 17.1 Å². The van der Waals surface area contributed by atoms with Crippen LogP contribution >= 0.6 is 11.3 Å². The van der Waals surface area contributed by atoms with Gasteiger partial charge in [-0.05, 0) is 37.8 Å². The van der Waals surface area contributed by atoms with Gasteiger partial charge in [0, 0.05) is 12.5 Å².